The maximum absolute atomic E-state index is 11.4. The highest BCUT2D eigenvalue weighted by Gasteiger charge is 2.32. The molecule has 0 radical (unpaired) electrons. The highest BCUT2D eigenvalue weighted by atomic mass is 32.1. The molecular weight excluding hydrogens is 262 g/mol. The van der Waals surface area contributed by atoms with Crippen LogP contribution in [0.4, 0.5) is 10.7 Å². The number of nitrogen functional groups attached to an aromatic ring is 1. The van der Waals surface area contributed by atoms with Crippen molar-refractivity contribution in [3.8, 4) is 0 Å². The van der Waals surface area contributed by atoms with Gasteiger partial charge < -0.3 is 21.5 Å². The van der Waals surface area contributed by atoms with E-state index in [-0.39, 0.29) is 0 Å². The van der Waals surface area contributed by atoms with Gasteiger partial charge >= 0.3 is 0 Å². The normalized spacial score (nSPS) is 14.6. The third-order valence-electron chi connectivity index (χ3n) is 3.15. The largest absolute Gasteiger partial charge is 0.397 e. The first-order valence-corrected chi connectivity index (χ1v) is 7.50. The molecule has 1 aliphatic rings. The maximum Gasteiger partial charge on any atom is 0.260 e. The number of carbonyl (C=O) groups excluding carboxylic acids is 1. The fraction of sp³-hybridized carbons (Fsp3) is 0.615. The molecule has 1 aliphatic carbocycles. The molecule has 2 rings (SSSR count). The summed E-state index contributed by atoms with van der Waals surface area (Å²) in [6, 6.07) is 0. The standard InChI is InChI=1S/C13H21N3O2S/c1-2-18-7-3-6-16-13-9(8-4-5-8)10(14)11(19-13)12(15)17/h8,16H,2-7,14H2,1H3,(H2,15,17). The highest BCUT2D eigenvalue weighted by Crippen LogP contribution is 2.50. The van der Waals surface area contributed by atoms with E-state index in [4.69, 9.17) is 16.2 Å². The lowest BCUT2D eigenvalue weighted by Crippen LogP contribution is -2.11. The number of amides is 1. The number of rotatable bonds is 8. The van der Waals surface area contributed by atoms with Crippen LogP contribution in [0.15, 0.2) is 0 Å². The van der Waals surface area contributed by atoms with E-state index in [1.807, 2.05) is 6.92 Å². The molecule has 5 N–H and O–H groups in total. The molecule has 6 heteroatoms. The van der Waals surface area contributed by atoms with Crippen LogP contribution >= 0.6 is 11.3 Å². The zero-order valence-electron chi connectivity index (χ0n) is 11.2. The predicted octanol–water partition coefficient (Wildman–Crippen LogP) is 2.15. The monoisotopic (exact) mass is 283 g/mol. The maximum atomic E-state index is 11.4. The van der Waals surface area contributed by atoms with Gasteiger partial charge in [0.1, 0.15) is 4.88 Å². The van der Waals surface area contributed by atoms with Crippen molar-refractivity contribution >= 4 is 27.9 Å². The van der Waals surface area contributed by atoms with E-state index in [2.05, 4.69) is 5.32 Å². The molecule has 0 unspecified atom stereocenters. The summed E-state index contributed by atoms with van der Waals surface area (Å²) in [4.78, 5) is 11.8. The van der Waals surface area contributed by atoms with E-state index < -0.39 is 5.91 Å². The number of ether oxygens (including phenoxy) is 1. The Balaban J connectivity index is 2.02. The number of carbonyl (C=O) groups is 1. The van der Waals surface area contributed by atoms with Gasteiger partial charge in [-0.3, -0.25) is 4.79 Å². The molecule has 0 atom stereocenters. The summed E-state index contributed by atoms with van der Waals surface area (Å²) in [5.74, 6) is 0.0607. The number of nitrogens with one attached hydrogen (secondary N) is 1. The van der Waals surface area contributed by atoms with Crippen molar-refractivity contribution in [2.45, 2.75) is 32.1 Å². The number of thiophene rings is 1. The van der Waals surface area contributed by atoms with Crippen LogP contribution < -0.4 is 16.8 Å². The van der Waals surface area contributed by atoms with Crippen molar-refractivity contribution in [2.24, 2.45) is 5.73 Å². The van der Waals surface area contributed by atoms with Gasteiger partial charge in [-0.05, 0) is 32.1 Å². The molecule has 1 aromatic heterocycles. The van der Waals surface area contributed by atoms with Crippen molar-refractivity contribution in [2.75, 3.05) is 30.8 Å². The first-order valence-electron chi connectivity index (χ1n) is 6.68. The smallest absolute Gasteiger partial charge is 0.260 e. The van der Waals surface area contributed by atoms with E-state index in [0.717, 1.165) is 49.6 Å². The van der Waals surface area contributed by atoms with Crippen LogP contribution in [0, 0.1) is 0 Å². The minimum atomic E-state index is -0.438. The van der Waals surface area contributed by atoms with Gasteiger partial charge in [-0.15, -0.1) is 11.3 Å². The van der Waals surface area contributed by atoms with E-state index in [0.29, 0.717) is 16.5 Å². The fourth-order valence-corrected chi connectivity index (χ4v) is 3.15. The van der Waals surface area contributed by atoms with Gasteiger partial charge in [0.2, 0.25) is 0 Å². The summed E-state index contributed by atoms with van der Waals surface area (Å²) in [5.41, 5.74) is 13.1. The Morgan fingerprint density at radius 2 is 2.26 bits per heavy atom. The summed E-state index contributed by atoms with van der Waals surface area (Å²) in [7, 11) is 0. The minimum absolute atomic E-state index is 0.438. The van der Waals surface area contributed by atoms with Crippen LogP contribution in [0.5, 0.6) is 0 Å². The summed E-state index contributed by atoms with van der Waals surface area (Å²) < 4.78 is 5.29. The number of hydrogen-bond acceptors (Lipinski definition) is 5. The van der Waals surface area contributed by atoms with E-state index in [1.54, 1.807) is 0 Å². The summed E-state index contributed by atoms with van der Waals surface area (Å²) in [5, 5.41) is 4.37. The molecule has 0 bridgehead atoms. The summed E-state index contributed by atoms with van der Waals surface area (Å²) in [6.45, 7) is 4.28. The molecule has 0 saturated heterocycles. The van der Waals surface area contributed by atoms with Crippen LogP contribution in [0.3, 0.4) is 0 Å². The van der Waals surface area contributed by atoms with Crippen molar-refractivity contribution in [3.05, 3.63) is 10.4 Å². The number of anilines is 2. The van der Waals surface area contributed by atoms with Crippen LogP contribution in [0.2, 0.25) is 0 Å². The Labute approximate surface area is 117 Å². The number of nitrogens with two attached hydrogens (primary N) is 2. The summed E-state index contributed by atoms with van der Waals surface area (Å²) in [6.07, 6.45) is 3.22. The van der Waals surface area contributed by atoms with Gasteiger partial charge in [-0.1, -0.05) is 0 Å². The molecule has 0 spiro atoms. The molecule has 1 amide bonds. The van der Waals surface area contributed by atoms with Crippen molar-refractivity contribution in [1.82, 2.24) is 0 Å². The van der Waals surface area contributed by atoms with Crippen LogP contribution in [-0.2, 0) is 4.74 Å². The SMILES string of the molecule is CCOCCCNc1sc(C(N)=O)c(N)c1C1CC1. The van der Waals surface area contributed by atoms with E-state index >= 15 is 0 Å². The average molecular weight is 283 g/mol. The molecule has 0 aromatic carbocycles. The Bertz CT molecular complexity index is 455. The average Bonchev–Trinajstić information content (AvgIpc) is 3.14. The lowest BCUT2D eigenvalue weighted by atomic mass is 10.1. The van der Waals surface area contributed by atoms with Crippen LogP contribution in [0.1, 0.15) is 47.3 Å². The zero-order valence-corrected chi connectivity index (χ0v) is 12.0. The lowest BCUT2D eigenvalue weighted by Gasteiger charge is -2.07. The lowest BCUT2D eigenvalue weighted by molar-refractivity contribution is 0.100. The third-order valence-corrected chi connectivity index (χ3v) is 4.34. The molecule has 1 aromatic rings. The topological polar surface area (TPSA) is 90.4 Å². The van der Waals surface area contributed by atoms with Crippen LogP contribution in [0.25, 0.3) is 0 Å². The van der Waals surface area contributed by atoms with E-state index in [9.17, 15) is 4.79 Å². The quantitative estimate of drug-likeness (QED) is 0.638. The van der Waals surface area contributed by atoms with Gasteiger partial charge in [0.25, 0.3) is 5.91 Å². The highest BCUT2D eigenvalue weighted by molar-refractivity contribution is 7.18. The van der Waals surface area contributed by atoms with Crippen molar-refractivity contribution < 1.29 is 9.53 Å². The minimum Gasteiger partial charge on any atom is -0.397 e. The molecule has 0 aliphatic heterocycles. The Hall–Kier alpha value is -1.27. The predicted molar refractivity (Wildman–Crippen MR) is 78.8 cm³/mol. The van der Waals surface area contributed by atoms with E-state index in [1.165, 1.54) is 11.3 Å². The molecule has 106 valence electrons. The third kappa shape index (κ3) is 3.39. The van der Waals surface area contributed by atoms with Crippen LogP contribution in [-0.4, -0.2) is 25.7 Å². The molecular formula is C13H21N3O2S. The van der Waals surface area contributed by atoms with Crippen molar-refractivity contribution in [3.63, 3.8) is 0 Å². The second-order valence-electron chi connectivity index (χ2n) is 4.70. The molecule has 19 heavy (non-hydrogen) atoms. The molecule has 1 saturated carbocycles. The fourth-order valence-electron chi connectivity index (χ4n) is 2.07. The first kappa shape index (κ1) is 14.1. The second kappa shape index (κ2) is 6.25. The molecule has 1 heterocycles. The number of primary amides is 1. The van der Waals surface area contributed by atoms with Crippen molar-refractivity contribution in [1.29, 1.82) is 0 Å². The molecule has 1 fully saturated rings. The Morgan fingerprint density at radius 3 is 2.84 bits per heavy atom. The first-order chi connectivity index (χ1) is 9.15. The van der Waals surface area contributed by atoms with Gasteiger partial charge in [-0.2, -0.15) is 0 Å². The van der Waals surface area contributed by atoms with Gasteiger partial charge in [0, 0.05) is 25.3 Å². The van der Waals surface area contributed by atoms with Gasteiger partial charge in [0.15, 0.2) is 0 Å². The zero-order chi connectivity index (χ0) is 13.8. The Morgan fingerprint density at radius 1 is 1.53 bits per heavy atom. The Kier molecular flexibility index (Phi) is 4.66. The van der Waals surface area contributed by atoms with Gasteiger partial charge in [0.05, 0.1) is 10.7 Å². The number of hydrogen-bond donors (Lipinski definition) is 3. The summed E-state index contributed by atoms with van der Waals surface area (Å²) >= 11 is 1.37. The molecule has 5 nitrogen and oxygen atoms in total. The van der Waals surface area contributed by atoms with Gasteiger partial charge in [-0.25, -0.2) is 0 Å². The second-order valence-corrected chi connectivity index (χ2v) is 5.72.